The van der Waals surface area contributed by atoms with Gasteiger partial charge in [0.05, 0.1) is 16.3 Å². The van der Waals surface area contributed by atoms with E-state index < -0.39 is 0 Å². The predicted molar refractivity (Wildman–Crippen MR) is 75.0 cm³/mol. The van der Waals surface area contributed by atoms with E-state index in [2.05, 4.69) is 12.1 Å². The first-order chi connectivity index (χ1) is 8.63. The molecule has 1 aromatic heterocycles. The van der Waals surface area contributed by atoms with Gasteiger partial charge in [0.25, 0.3) is 0 Å². The Labute approximate surface area is 116 Å². The van der Waals surface area contributed by atoms with Crippen LogP contribution < -0.4 is 5.73 Å². The fourth-order valence-corrected chi connectivity index (χ4v) is 2.34. The smallest absolute Gasteiger partial charge is 0.230 e. The third-order valence-electron chi connectivity index (χ3n) is 2.76. The average molecular weight is 285 g/mol. The quantitative estimate of drug-likeness (QED) is 0.895. The molecule has 3 nitrogen and oxygen atoms in total. The van der Waals surface area contributed by atoms with Crippen molar-refractivity contribution < 1.29 is 4.52 Å². The van der Waals surface area contributed by atoms with Crippen LogP contribution in [0.1, 0.15) is 25.5 Å². The summed E-state index contributed by atoms with van der Waals surface area (Å²) in [6, 6.07) is 5.30. The van der Waals surface area contributed by atoms with Crippen molar-refractivity contribution in [2.24, 2.45) is 0 Å². The molecule has 0 atom stereocenters. The van der Waals surface area contributed by atoms with Crippen molar-refractivity contribution in [2.75, 3.05) is 5.73 Å². The van der Waals surface area contributed by atoms with E-state index in [0.29, 0.717) is 15.9 Å². The van der Waals surface area contributed by atoms with E-state index in [1.165, 1.54) is 0 Å². The largest absolute Gasteiger partial charge is 0.367 e. The second-order valence-electron chi connectivity index (χ2n) is 4.10. The van der Waals surface area contributed by atoms with E-state index >= 15 is 0 Å². The van der Waals surface area contributed by atoms with Crippen molar-refractivity contribution in [3.63, 3.8) is 0 Å². The molecule has 0 saturated heterocycles. The first kappa shape index (κ1) is 13.2. The lowest BCUT2D eigenvalue weighted by Gasteiger charge is -2.05. The maximum atomic E-state index is 6.19. The molecule has 0 aliphatic carbocycles. The highest BCUT2D eigenvalue weighted by Gasteiger charge is 2.17. The van der Waals surface area contributed by atoms with E-state index in [4.69, 9.17) is 33.5 Å². The van der Waals surface area contributed by atoms with Crippen molar-refractivity contribution >= 4 is 29.1 Å². The molecule has 0 aliphatic heterocycles. The number of hydrogen-bond acceptors (Lipinski definition) is 3. The summed E-state index contributed by atoms with van der Waals surface area (Å²) in [4.78, 5) is 0. The lowest BCUT2D eigenvalue weighted by molar-refractivity contribution is 0.426. The van der Waals surface area contributed by atoms with E-state index in [0.717, 1.165) is 36.1 Å². The lowest BCUT2D eigenvalue weighted by atomic mass is 10.0. The average Bonchev–Trinajstić information content (AvgIpc) is 2.68. The summed E-state index contributed by atoms with van der Waals surface area (Å²) < 4.78 is 5.07. The molecule has 0 bridgehead atoms. The number of nitrogens with two attached hydrogens (primary N) is 1. The van der Waals surface area contributed by atoms with Crippen LogP contribution in [0.2, 0.25) is 10.0 Å². The molecule has 0 spiro atoms. The predicted octanol–water partition coefficient (Wildman–Crippen LogP) is 4.57. The summed E-state index contributed by atoms with van der Waals surface area (Å²) in [7, 11) is 0. The molecule has 0 unspecified atom stereocenters. The van der Waals surface area contributed by atoms with Gasteiger partial charge in [-0.25, -0.2) is 0 Å². The summed E-state index contributed by atoms with van der Waals surface area (Å²) in [5.74, 6) is 0.297. The summed E-state index contributed by atoms with van der Waals surface area (Å²) in [5.41, 5.74) is 8.27. The number of anilines is 1. The molecule has 18 heavy (non-hydrogen) atoms. The van der Waals surface area contributed by atoms with Crippen molar-refractivity contribution in [2.45, 2.75) is 26.2 Å². The van der Waals surface area contributed by atoms with E-state index in [1.54, 1.807) is 12.1 Å². The van der Waals surface area contributed by atoms with Crippen molar-refractivity contribution in [3.05, 3.63) is 33.9 Å². The maximum absolute atomic E-state index is 6.19. The molecule has 2 rings (SSSR count). The number of aryl methyl sites for hydroxylation is 1. The van der Waals surface area contributed by atoms with Crippen molar-refractivity contribution in [3.8, 4) is 11.1 Å². The Morgan fingerprint density at radius 1 is 1.33 bits per heavy atom. The highest BCUT2D eigenvalue weighted by molar-refractivity contribution is 6.36. The lowest BCUT2D eigenvalue weighted by Crippen LogP contribution is -1.92. The number of halogens is 2. The summed E-state index contributed by atoms with van der Waals surface area (Å²) in [5, 5.41) is 5.14. The summed E-state index contributed by atoms with van der Waals surface area (Å²) in [6.07, 6.45) is 2.94. The molecular weight excluding hydrogens is 271 g/mol. The van der Waals surface area contributed by atoms with E-state index in [-0.39, 0.29) is 0 Å². The fraction of sp³-hybridized carbons (Fsp3) is 0.308. The molecule has 96 valence electrons. The Morgan fingerprint density at radius 2 is 2.11 bits per heavy atom. The second kappa shape index (κ2) is 5.63. The van der Waals surface area contributed by atoms with Gasteiger partial charge in [-0.3, -0.25) is 0 Å². The zero-order valence-electron chi connectivity index (χ0n) is 10.0. The molecule has 0 aliphatic rings. The summed E-state index contributed by atoms with van der Waals surface area (Å²) >= 11 is 12.1. The molecule has 2 N–H and O–H groups in total. The number of benzene rings is 1. The zero-order valence-corrected chi connectivity index (χ0v) is 11.6. The van der Waals surface area contributed by atoms with Gasteiger partial charge in [0.1, 0.15) is 0 Å². The van der Waals surface area contributed by atoms with E-state index in [9.17, 15) is 0 Å². The Kier molecular flexibility index (Phi) is 4.15. The first-order valence-corrected chi connectivity index (χ1v) is 6.58. The third-order valence-corrected chi connectivity index (χ3v) is 3.30. The number of aromatic nitrogens is 1. The van der Waals surface area contributed by atoms with Crippen molar-refractivity contribution in [1.29, 1.82) is 0 Å². The maximum Gasteiger partial charge on any atom is 0.230 e. The Bertz CT molecular complexity index is 552. The van der Waals surface area contributed by atoms with Crippen LogP contribution in [0.5, 0.6) is 0 Å². The topological polar surface area (TPSA) is 52.0 Å². The normalized spacial score (nSPS) is 10.8. The Balaban J connectivity index is 2.45. The monoisotopic (exact) mass is 284 g/mol. The minimum Gasteiger partial charge on any atom is -0.367 e. The van der Waals surface area contributed by atoms with Gasteiger partial charge >= 0.3 is 0 Å². The standard InChI is InChI=1S/C13H14Cl2N2O/c1-2-3-4-11-12(13(16)18-17-11)9-6-5-8(14)7-10(9)15/h5-7H,2-4,16H2,1H3. The van der Waals surface area contributed by atoms with Crippen LogP contribution in [0.15, 0.2) is 22.7 Å². The molecule has 2 aromatic rings. The molecule has 0 radical (unpaired) electrons. The van der Waals surface area contributed by atoms with Gasteiger partial charge < -0.3 is 10.3 Å². The summed E-state index contributed by atoms with van der Waals surface area (Å²) in [6.45, 7) is 2.12. The number of unbranched alkanes of at least 4 members (excludes halogenated alkanes) is 1. The van der Waals surface area contributed by atoms with Crippen LogP contribution in [0.25, 0.3) is 11.1 Å². The molecule has 0 amide bonds. The highest BCUT2D eigenvalue weighted by Crippen LogP contribution is 2.36. The Hall–Kier alpha value is -1.19. The van der Waals surface area contributed by atoms with Crippen LogP contribution >= 0.6 is 23.2 Å². The minimum absolute atomic E-state index is 0.297. The van der Waals surface area contributed by atoms with Gasteiger partial charge in [0.15, 0.2) is 0 Å². The zero-order chi connectivity index (χ0) is 13.1. The van der Waals surface area contributed by atoms with Crippen LogP contribution in [0.3, 0.4) is 0 Å². The fourth-order valence-electron chi connectivity index (χ4n) is 1.83. The number of nitrogen functional groups attached to an aromatic ring is 1. The second-order valence-corrected chi connectivity index (χ2v) is 4.94. The minimum atomic E-state index is 0.297. The van der Waals surface area contributed by atoms with Crippen molar-refractivity contribution in [1.82, 2.24) is 5.16 Å². The molecule has 5 heteroatoms. The van der Waals surface area contributed by atoms with Crippen LogP contribution in [-0.4, -0.2) is 5.16 Å². The molecule has 0 fully saturated rings. The SMILES string of the molecule is CCCCc1noc(N)c1-c1ccc(Cl)cc1Cl. The van der Waals surface area contributed by atoms with Gasteiger partial charge in [-0.15, -0.1) is 0 Å². The third kappa shape index (κ3) is 2.62. The molecule has 0 saturated carbocycles. The van der Waals surface area contributed by atoms with Crippen LogP contribution in [0, 0.1) is 0 Å². The van der Waals surface area contributed by atoms with Gasteiger partial charge in [0.2, 0.25) is 5.88 Å². The number of rotatable bonds is 4. The molecular formula is C13H14Cl2N2O. The highest BCUT2D eigenvalue weighted by atomic mass is 35.5. The van der Waals surface area contributed by atoms with E-state index in [1.807, 2.05) is 6.07 Å². The van der Waals surface area contributed by atoms with Gasteiger partial charge in [-0.2, -0.15) is 0 Å². The van der Waals surface area contributed by atoms with Crippen LogP contribution in [0.4, 0.5) is 5.88 Å². The molecule has 1 aromatic carbocycles. The van der Waals surface area contributed by atoms with Gasteiger partial charge in [0, 0.05) is 10.6 Å². The van der Waals surface area contributed by atoms with Crippen LogP contribution in [-0.2, 0) is 6.42 Å². The van der Waals surface area contributed by atoms with Gasteiger partial charge in [-0.05, 0) is 25.0 Å². The number of nitrogens with zero attached hydrogens (tertiary/aromatic N) is 1. The number of hydrogen-bond donors (Lipinski definition) is 1. The van der Waals surface area contributed by atoms with Gasteiger partial charge in [-0.1, -0.05) is 47.8 Å². The first-order valence-electron chi connectivity index (χ1n) is 5.83. The molecule has 1 heterocycles. The Morgan fingerprint density at radius 3 is 2.78 bits per heavy atom.